The van der Waals surface area contributed by atoms with Crippen molar-refractivity contribution in [1.82, 2.24) is 0 Å². The van der Waals surface area contributed by atoms with E-state index in [1.165, 1.54) is 24.3 Å². The molecule has 5 nitrogen and oxygen atoms in total. The molecule has 2 N–H and O–H groups in total. The largest absolute Gasteiger partial charge is 0.457 e. The van der Waals surface area contributed by atoms with E-state index >= 15 is 0 Å². The minimum absolute atomic E-state index is 0.127. The average molecular weight is 355 g/mol. The zero-order valence-corrected chi connectivity index (χ0v) is 12.6. The second-order valence-corrected chi connectivity index (χ2v) is 5.36. The maximum atomic E-state index is 13.8. The van der Waals surface area contributed by atoms with Gasteiger partial charge in [-0.1, -0.05) is 22.0 Å². The molecular weight excluding hydrogens is 343 g/mol. The molecule has 110 valence electrons. The second kappa shape index (κ2) is 6.19. The number of hydrogen-bond acceptors (Lipinski definition) is 4. The van der Waals surface area contributed by atoms with Crippen molar-refractivity contribution < 1.29 is 14.1 Å². The van der Waals surface area contributed by atoms with Crippen LogP contribution in [0.3, 0.4) is 0 Å². The number of non-ortho nitro benzene ring substituents is 1. The smallest absolute Gasteiger partial charge is 0.274 e. The predicted octanol–water partition coefficient (Wildman–Crippen LogP) is 4.31. The Balaban J connectivity index is 2.43. The van der Waals surface area contributed by atoms with Gasteiger partial charge in [0.1, 0.15) is 17.3 Å². The quantitative estimate of drug-likeness (QED) is 0.655. The summed E-state index contributed by atoms with van der Waals surface area (Å²) < 4.78 is 19.9. The molecule has 0 aliphatic carbocycles. The minimum Gasteiger partial charge on any atom is -0.457 e. The molecule has 0 radical (unpaired) electrons. The molecule has 0 saturated carbocycles. The first-order chi connectivity index (χ1) is 9.88. The van der Waals surface area contributed by atoms with Crippen LogP contribution in [0.2, 0.25) is 0 Å². The first-order valence-electron chi connectivity index (χ1n) is 6.05. The fraction of sp³-hybridized carbons (Fsp3) is 0.143. The van der Waals surface area contributed by atoms with Crippen molar-refractivity contribution in [3.63, 3.8) is 0 Å². The summed E-state index contributed by atoms with van der Waals surface area (Å²) in [5, 5.41) is 10.8. The maximum absolute atomic E-state index is 13.8. The van der Waals surface area contributed by atoms with E-state index in [0.29, 0.717) is 4.47 Å². The lowest BCUT2D eigenvalue weighted by molar-refractivity contribution is -0.385. The van der Waals surface area contributed by atoms with Gasteiger partial charge in [-0.15, -0.1) is 0 Å². The number of rotatable bonds is 4. The van der Waals surface area contributed by atoms with E-state index in [2.05, 4.69) is 15.9 Å². The van der Waals surface area contributed by atoms with Crippen LogP contribution in [0.15, 0.2) is 40.9 Å². The molecular formula is C14H12BrFN2O3. The van der Waals surface area contributed by atoms with Crippen molar-refractivity contribution in [3.8, 4) is 11.5 Å². The van der Waals surface area contributed by atoms with Crippen LogP contribution in [0.5, 0.6) is 11.5 Å². The highest BCUT2D eigenvalue weighted by molar-refractivity contribution is 9.10. The molecule has 2 rings (SSSR count). The molecule has 2 aromatic carbocycles. The van der Waals surface area contributed by atoms with E-state index in [9.17, 15) is 14.5 Å². The molecule has 0 aliphatic heterocycles. The number of hydrogen-bond donors (Lipinski definition) is 1. The van der Waals surface area contributed by atoms with Crippen LogP contribution in [0.4, 0.5) is 10.1 Å². The monoisotopic (exact) mass is 354 g/mol. The standard InChI is InChI=1S/C14H12BrFN2O3/c1-8(17)14-12(16)3-2-4-13(14)21-11-6-9(15)5-10(7-11)18(19)20/h2-8H,17H2,1H3. The normalized spacial score (nSPS) is 12.0. The number of nitrogens with two attached hydrogens (primary N) is 1. The van der Waals surface area contributed by atoms with Crippen molar-refractivity contribution >= 4 is 21.6 Å². The van der Waals surface area contributed by atoms with Crippen molar-refractivity contribution in [2.75, 3.05) is 0 Å². The summed E-state index contributed by atoms with van der Waals surface area (Å²) >= 11 is 3.17. The molecule has 0 spiro atoms. The maximum Gasteiger partial charge on any atom is 0.274 e. The topological polar surface area (TPSA) is 78.4 Å². The number of benzene rings is 2. The summed E-state index contributed by atoms with van der Waals surface area (Å²) in [4.78, 5) is 10.3. The lowest BCUT2D eigenvalue weighted by atomic mass is 10.1. The van der Waals surface area contributed by atoms with Crippen LogP contribution < -0.4 is 10.5 Å². The molecule has 0 bridgehead atoms. The Morgan fingerprint density at radius 1 is 1.38 bits per heavy atom. The summed E-state index contributed by atoms with van der Waals surface area (Å²) in [7, 11) is 0. The third kappa shape index (κ3) is 3.56. The Morgan fingerprint density at radius 3 is 2.71 bits per heavy atom. The van der Waals surface area contributed by atoms with Crippen molar-refractivity contribution in [1.29, 1.82) is 0 Å². The molecule has 0 fully saturated rings. The van der Waals surface area contributed by atoms with Gasteiger partial charge in [-0.05, 0) is 25.1 Å². The molecule has 1 atom stereocenters. The average Bonchev–Trinajstić information content (AvgIpc) is 2.37. The van der Waals surface area contributed by atoms with Crippen LogP contribution in [-0.2, 0) is 0 Å². The van der Waals surface area contributed by atoms with E-state index in [0.717, 1.165) is 0 Å². The Bertz CT molecular complexity index is 692. The zero-order valence-electron chi connectivity index (χ0n) is 11.0. The number of nitro groups is 1. The van der Waals surface area contributed by atoms with E-state index < -0.39 is 16.8 Å². The van der Waals surface area contributed by atoms with Gasteiger partial charge in [0, 0.05) is 22.1 Å². The number of halogens is 2. The number of nitrogens with zero attached hydrogens (tertiary/aromatic N) is 1. The van der Waals surface area contributed by atoms with Gasteiger partial charge < -0.3 is 10.5 Å². The molecule has 7 heteroatoms. The van der Waals surface area contributed by atoms with E-state index in [-0.39, 0.29) is 22.7 Å². The Kier molecular flexibility index (Phi) is 4.54. The Morgan fingerprint density at radius 2 is 2.10 bits per heavy atom. The van der Waals surface area contributed by atoms with Gasteiger partial charge in [0.2, 0.25) is 0 Å². The van der Waals surface area contributed by atoms with Gasteiger partial charge in [0.05, 0.1) is 11.0 Å². The van der Waals surface area contributed by atoms with Crippen molar-refractivity contribution in [2.45, 2.75) is 13.0 Å². The van der Waals surface area contributed by atoms with Crippen LogP contribution in [-0.4, -0.2) is 4.92 Å². The highest BCUT2D eigenvalue weighted by Gasteiger charge is 2.16. The Hall–Kier alpha value is -1.99. The van der Waals surface area contributed by atoms with Crippen LogP contribution in [0, 0.1) is 15.9 Å². The molecule has 0 heterocycles. The Labute approximate surface area is 128 Å². The van der Waals surface area contributed by atoms with Gasteiger partial charge in [-0.2, -0.15) is 0 Å². The van der Waals surface area contributed by atoms with Crippen LogP contribution in [0.25, 0.3) is 0 Å². The highest BCUT2D eigenvalue weighted by Crippen LogP contribution is 2.33. The summed E-state index contributed by atoms with van der Waals surface area (Å²) in [6.45, 7) is 1.63. The van der Waals surface area contributed by atoms with Crippen LogP contribution >= 0.6 is 15.9 Å². The minimum atomic E-state index is -0.566. The van der Waals surface area contributed by atoms with Crippen LogP contribution in [0.1, 0.15) is 18.5 Å². The van der Waals surface area contributed by atoms with Gasteiger partial charge in [0.15, 0.2) is 0 Å². The van der Waals surface area contributed by atoms with E-state index in [4.69, 9.17) is 10.5 Å². The molecule has 0 aliphatic rings. The highest BCUT2D eigenvalue weighted by atomic mass is 79.9. The van der Waals surface area contributed by atoms with Gasteiger partial charge in [0.25, 0.3) is 5.69 Å². The summed E-state index contributed by atoms with van der Waals surface area (Å²) in [6.07, 6.45) is 0. The predicted molar refractivity (Wildman–Crippen MR) is 79.9 cm³/mol. The third-order valence-corrected chi connectivity index (χ3v) is 3.22. The molecule has 0 amide bonds. The fourth-order valence-electron chi connectivity index (χ4n) is 1.89. The summed E-state index contributed by atoms with van der Waals surface area (Å²) in [6, 6.07) is 7.95. The molecule has 2 aromatic rings. The number of nitro benzene ring substituents is 1. The molecule has 21 heavy (non-hydrogen) atoms. The molecule has 0 saturated heterocycles. The lowest BCUT2D eigenvalue weighted by Gasteiger charge is -2.14. The van der Waals surface area contributed by atoms with Gasteiger partial charge in [-0.3, -0.25) is 10.1 Å². The van der Waals surface area contributed by atoms with Gasteiger partial charge in [-0.25, -0.2) is 4.39 Å². The third-order valence-electron chi connectivity index (χ3n) is 2.76. The van der Waals surface area contributed by atoms with E-state index in [1.807, 2.05) is 0 Å². The van der Waals surface area contributed by atoms with Gasteiger partial charge >= 0.3 is 0 Å². The van der Waals surface area contributed by atoms with E-state index in [1.54, 1.807) is 19.1 Å². The summed E-state index contributed by atoms with van der Waals surface area (Å²) in [5.74, 6) is -0.0204. The molecule has 1 unspecified atom stereocenters. The zero-order chi connectivity index (χ0) is 15.6. The SMILES string of the molecule is CC(N)c1c(F)cccc1Oc1cc(Br)cc([N+](=O)[O-])c1. The molecule has 0 aromatic heterocycles. The first kappa shape index (κ1) is 15.4. The second-order valence-electron chi connectivity index (χ2n) is 4.44. The summed E-state index contributed by atoms with van der Waals surface area (Å²) in [5.41, 5.74) is 5.84. The lowest BCUT2D eigenvalue weighted by Crippen LogP contribution is -2.09. The number of ether oxygens (including phenoxy) is 1. The van der Waals surface area contributed by atoms with Crippen molar-refractivity contribution in [2.24, 2.45) is 5.73 Å². The fourth-order valence-corrected chi connectivity index (χ4v) is 2.35. The van der Waals surface area contributed by atoms with Crippen molar-refractivity contribution in [3.05, 3.63) is 62.4 Å². The first-order valence-corrected chi connectivity index (χ1v) is 6.84.